The first kappa shape index (κ1) is 11.0. The van der Waals surface area contributed by atoms with E-state index < -0.39 is 0 Å². The molecule has 0 spiro atoms. The molecule has 13 heavy (non-hydrogen) atoms. The van der Waals surface area contributed by atoms with Gasteiger partial charge in [0, 0.05) is 31.0 Å². The smallest absolute Gasteiger partial charge is 0.0551 e. The van der Waals surface area contributed by atoms with Crippen LogP contribution in [-0.4, -0.2) is 44.8 Å². The molecule has 0 aliphatic carbocycles. The van der Waals surface area contributed by atoms with Gasteiger partial charge >= 0.3 is 0 Å². The lowest BCUT2D eigenvalue weighted by Gasteiger charge is -2.24. The molecule has 0 aromatic rings. The average Bonchev–Trinajstić information content (AvgIpc) is 2.64. The molecular formula is C10H22N2O. The van der Waals surface area contributed by atoms with E-state index in [9.17, 15) is 0 Å². The quantitative estimate of drug-likeness (QED) is 0.650. The molecule has 3 heteroatoms. The molecule has 0 aromatic heterocycles. The monoisotopic (exact) mass is 186 g/mol. The molecule has 2 N–H and O–H groups in total. The summed E-state index contributed by atoms with van der Waals surface area (Å²) in [5.41, 5.74) is 6.07. The number of nitrogens with zero attached hydrogens (tertiary/aromatic N) is 1. The molecule has 0 unspecified atom stereocenters. The van der Waals surface area contributed by atoms with Gasteiger partial charge in [0.1, 0.15) is 0 Å². The number of ether oxygens (including phenoxy) is 1. The van der Waals surface area contributed by atoms with Crippen LogP contribution in [0.4, 0.5) is 0 Å². The van der Waals surface area contributed by atoms with Gasteiger partial charge in [-0.1, -0.05) is 13.8 Å². The summed E-state index contributed by atoms with van der Waals surface area (Å²) in [7, 11) is 2.16. The second-order valence-corrected chi connectivity index (χ2v) is 3.98. The fourth-order valence-corrected chi connectivity index (χ4v) is 2.39. The van der Waals surface area contributed by atoms with Crippen LogP contribution in [0.5, 0.6) is 0 Å². The average molecular weight is 186 g/mol. The molecule has 78 valence electrons. The van der Waals surface area contributed by atoms with Crippen molar-refractivity contribution < 1.29 is 4.74 Å². The van der Waals surface area contributed by atoms with Crippen molar-refractivity contribution >= 4 is 0 Å². The molecule has 2 atom stereocenters. The van der Waals surface area contributed by atoms with E-state index in [1.807, 2.05) is 13.8 Å². The van der Waals surface area contributed by atoms with Crippen molar-refractivity contribution in [1.82, 2.24) is 4.90 Å². The summed E-state index contributed by atoms with van der Waals surface area (Å²) >= 11 is 0. The molecule has 0 radical (unpaired) electrons. The molecule has 0 amide bonds. The van der Waals surface area contributed by atoms with Gasteiger partial charge in [-0.15, -0.1) is 0 Å². The first-order valence-electron chi connectivity index (χ1n) is 5.23. The predicted molar refractivity (Wildman–Crippen MR) is 54.6 cm³/mol. The number of rotatable bonds is 1. The Labute approximate surface area is 81.2 Å². The first-order valence-corrected chi connectivity index (χ1v) is 5.23. The van der Waals surface area contributed by atoms with Crippen LogP contribution in [0.2, 0.25) is 0 Å². The van der Waals surface area contributed by atoms with E-state index in [0.717, 1.165) is 32.8 Å². The highest BCUT2D eigenvalue weighted by atomic mass is 16.5. The van der Waals surface area contributed by atoms with E-state index in [0.29, 0.717) is 11.3 Å². The first-order chi connectivity index (χ1) is 6.27. The Morgan fingerprint density at radius 2 is 2.23 bits per heavy atom. The van der Waals surface area contributed by atoms with Gasteiger partial charge in [0.2, 0.25) is 0 Å². The van der Waals surface area contributed by atoms with Crippen molar-refractivity contribution in [2.24, 2.45) is 17.1 Å². The minimum absolute atomic E-state index is 0.300. The van der Waals surface area contributed by atoms with Crippen LogP contribution in [0.1, 0.15) is 13.8 Å². The van der Waals surface area contributed by atoms with Gasteiger partial charge in [-0.2, -0.15) is 0 Å². The molecule has 2 aliphatic rings. The molecule has 0 aromatic carbocycles. The Hall–Kier alpha value is -0.120. The van der Waals surface area contributed by atoms with E-state index in [-0.39, 0.29) is 0 Å². The highest BCUT2D eigenvalue weighted by Gasteiger charge is 2.48. The van der Waals surface area contributed by atoms with E-state index in [4.69, 9.17) is 10.5 Å². The normalized spacial score (nSPS) is 38.3. The summed E-state index contributed by atoms with van der Waals surface area (Å²) < 4.78 is 5.45. The molecule has 2 aliphatic heterocycles. The van der Waals surface area contributed by atoms with Crippen LogP contribution >= 0.6 is 0 Å². The zero-order chi connectivity index (χ0) is 9.90. The predicted octanol–water partition coefficient (Wildman–Crippen LogP) is 0.550. The van der Waals surface area contributed by atoms with Gasteiger partial charge in [-0.05, 0) is 7.05 Å². The van der Waals surface area contributed by atoms with E-state index >= 15 is 0 Å². The summed E-state index contributed by atoms with van der Waals surface area (Å²) in [6.45, 7) is 8.85. The lowest BCUT2D eigenvalue weighted by atomic mass is 9.81. The lowest BCUT2D eigenvalue weighted by Crippen LogP contribution is -2.37. The van der Waals surface area contributed by atoms with Crippen LogP contribution in [0, 0.1) is 11.3 Å². The van der Waals surface area contributed by atoms with Crippen LogP contribution in [0.3, 0.4) is 0 Å². The Morgan fingerprint density at radius 3 is 2.77 bits per heavy atom. The topological polar surface area (TPSA) is 38.5 Å². The number of nitrogens with two attached hydrogens (primary N) is 1. The SMILES string of the molecule is CC.CN1C[C@H]2COC[C@@]2(CN)C1. The highest BCUT2D eigenvalue weighted by molar-refractivity contribution is 4.99. The number of fused-ring (bicyclic) bond motifs is 1. The van der Waals surface area contributed by atoms with Crippen molar-refractivity contribution in [2.45, 2.75) is 13.8 Å². The van der Waals surface area contributed by atoms with Gasteiger partial charge in [0.15, 0.2) is 0 Å². The number of hydrogen-bond donors (Lipinski definition) is 1. The largest absolute Gasteiger partial charge is 0.380 e. The van der Waals surface area contributed by atoms with Crippen LogP contribution < -0.4 is 5.73 Å². The van der Waals surface area contributed by atoms with Crippen molar-refractivity contribution in [3.63, 3.8) is 0 Å². The fraction of sp³-hybridized carbons (Fsp3) is 1.00. The third-order valence-electron chi connectivity index (χ3n) is 3.10. The minimum atomic E-state index is 0.300. The molecule has 0 bridgehead atoms. The maximum absolute atomic E-state index is 5.77. The molecule has 2 saturated heterocycles. The Morgan fingerprint density at radius 1 is 1.54 bits per heavy atom. The summed E-state index contributed by atoms with van der Waals surface area (Å²) in [4.78, 5) is 2.36. The van der Waals surface area contributed by atoms with E-state index in [2.05, 4.69) is 11.9 Å². The molecule has 3 nitrogen and oxygen atoms in total. The summed E-state index contributed by atoms with van der Waals surface area (Å²) in [5, 5.41) is 0. The molecular weight excluding hydrogens is 164 g/mol. The second-order valence-electron chi connectivity index (χ2n) is 3.98. The molecule has 2 rings (SSSR count). The maximum atomic E-state index is 5.77. The third-order valence-corrected chi connectivity index (χ3v) is 3.10. The minimum Gasteiger partial charge on any atom is -0.380 e. The van der Waals surface area contributed by atoms with Gasteiger partial charge in [0.05, 0.1) is 13.2 Å². The van der Waals surface area contributed by atoms with Crippen molar-refractivity contribution in [3.8, 4) is 0 Å². The standard InChI is InChI=1S/C8H16N2O.C2H6/c1-10-2-7-3-11-6-8(7,4-9)5-10;1-2/h7H,2-6,9H2,1H3;1-2H3/t7-,8+;/m0./s1. The Kier molecular flexibility index (Phi) is 3.71. The summed E-state index contributed by atoms with van der Waals surface area (Å²) in [5.74, 6) is 0.692. The number of hydrogen-bond acceptors (Lipinski definition) is 3. The Bertz CT molecular complexity index is 163. The zero-order valence-corrected chi connectivity index (χ0v) is 9.05. The zero-order valence-electron chi connectivity index (χ0n) is 9.05. The summed E-state index contributed by atoms with van der Waals surface area (Å²) in [6.07, 6.45) is 0. The van der Waals surface area contributed by atoms with Crippen molar-refractivity contribution in [3.05, 3.63) is 0 Å². The van der Waals surface area contributed by atoms with E-state index in [1.165, 1.54) is 0 Å². The third kappa shape index (κ3) is 1.87. The van der Waals surface area contributed by atoms with Crippen molar-refractivity contribution in [2.75, 3.05) is 39.9 Å². The number of likely N-dealkylation sites (tertiary alicyclic amines) is 1. The molecule has 2 fully saturated rings. The molecule has 2 heterocycles. The maximum Gasteiger partial charge on any atom is 0.0551 e. The summed E-state index contributed by atoms with van der Waals surface area (Å²) in [6, 6.07) is 0. The van der Waals surface area contributed by atoms with Gasteiger partial charge in [-0.3, -0.25) is 0 Å². The fourth-order valence-electron chi connectivity index (χ4n) is 2.39. The van der Waals surface area contributed by atoms with Crippen LogP contribution in [0.15, 0.2) is 0 Å². The Balaban J connectivity index is 0.000000396. The van der Waals surface area contributed by atoms with Gasteiger partial charge < -0.3 is 15.4 Å². The van der Waals surface area contributed by atoms with Crippen molar-refractivity contribution in [1.29, 1.82) is 0 Å². The second kappa shape index (κ2) is 4.40. The van der Waals surface area contributed by atoms with Gasteiger partial charge in [0.25, 0.3) is 0 Å². The molecule has 0 saturated carbocycles. The van der Waals surface area contributed by atoms with Crippen LogP contribution in [-0.2, 0) is 4.74 Å². The van der Waals surface area contributed by atoms with E-state index in [1.54, 1.807) is 0 Å². The highest BCUT2D eigenvalue weighted by Crippen LogP contribution is 2.39. The lowest BCUT2D eigenvalue weighted by molar-refractivity contribution is 0.138. The van der Waals surface area contributed by atoms with Crippen LogP contribution in [0.25, 0.3) is 0 Å². The van der Waals surface area contributed by atoms with Gasteiger partial charge in [-0.25, -0.2) is 0 Å².